The van der Waals surface area contributed by atoms with Crippen LogP contribution >= 0.6 is 0 Å². The van der Waals surface area contributed by atoms with Crippen LogP contribution in [-0.2, 0) is 11.3 Å². The van der Waals surface area contributed by atoms with Crippen molar-refractivity contribution in [1.82, 2.24) is 29.9 Å². The number of aliphatic imine (C=N–C) groups is 1. The van der Waals surface area contributed by atoms with Crippen molar-refractivity contribution in [3.05, 3.63) is 61.1 Å². The Bertz CT molecular complexity index is 1040. The number of rotatable bonds is 6. The van der Waals surface area contributed by atoms with Crippen LogP contribution < -0.4 is 10.6 Å². The lowest BCUT2D eigenvalue weighted by atomic mass is 10.1. The molecule has 9 nitrogen and oxygen atoms in total. The molecule has 4 rings (SSSR count). The molecule has 1 unspecified atom stereocenters. The lowest BCUT2D eigenvalue weighted by molar-refractivity contribution is -0.116. The van der Waals surface area contributed by atoms with E-state index < -0.39 is 0 Å². The molecule has 1 aliphatic heterocycles. The highest BCUT2D eigenvalue weighted by molar-refractivity contribution is 5.89. The van der Waals surface area contributed by atoms with Gasteiger partial charge in [-0.25, -0.2) is 4.98 Å². The molecule has 148 valence electrons. The van der Waals surface area contributed by atoms with E-state index in [2.05, 4.69) is 44.7 Å². The van der Waals surface area contributed by atoms with Crippen molar-refractivity contribution in [2.75, 3.05) is 5.32 Å². The maximum absolute atomic E-state index is 12.3. The Hall–Kier alpha value is -3.75. The first-order chi connectivity index (χ1) is 14.1. The molecule has 3 aromatic rings. The molecule has 1 amide bonds. The molecular formula is C20H22N8O. The number of pyridine rings is 1. The van der Waals surface area contributed by atoms with Gasteiger partial charge in [0.1, 0.15) is 12.4 Å². The van der Waals surface area contributed by atoms with Gasteiger partial charge in [-0.2, -0.15) is 10.2 Å². The molecule has 0 spiro atoms. The molecule has 3 aromatic heterocycles. The monoisotopic (exact) mass is 390 g/mol. The average molecular weight is 390 g/mol. The number of carbonyl (C=O) groups is 1. The number of amides is 1. The first kappa shape index (κ1) is 18.6. The summed E-state index contributed by atoms with van der Waals surface area (Å²) in [6, 6.07) is 3.96. The van der Waals surface area contributed by atoms with Gasteiger partial charge in [0.25, 0.3) is 0 Å². The number of aromatic nitrogens is 5. The fourth-order valence-corrected chi connectivity index (χ4v) is 2.91. The second-order valence-corrected chi connectivity index (χ2v) is 7.01. The highest BCUT2D eigenvalue weighted by Crippen LogP contribution is 2.19. The van der Waals surface area contributed by atoms with Crippen molar-refractivity contribution in [2.24, 2.45) is 4.99 Å². The second kappa shape index (κ2) is 8.09. The summed E-state index contributed by atoms with van der Waals surface area (Å²) >= 11 is 0. The van der Waals surface area contributed by atoms with Crippen LogP contribution in [0.25, 0.3) is 11.1 Å². The van der Waals surface area contributed by atoms with E-state index in [1.54, 1.807) is 48.0 Å². The first-order valence-corrected chi connectivity index (χ1v) is 9.35. The quantitative estimate of drug-likeness (QED) is 0.673. The fraction of sp³-hybridized carbons (Fsp3) is 0.250. The molecule has 0 aromatic carbocycles. The predicted molar refractivity (Wildman–Crippen MR) is 110 cm³/mol. The maximum Gasteiger partial charge on any atom is 0.247 e. The second-order valence-electron chi connectivity index (χ2n) is 7.01. The number of hydrogen-bond acceptors (Lipinski definition) is 6. The highest BCUT2D eigenvalue weighted by atomic mass is 16.2. The van der Waals surface area contributed by atoms with Gasteiger partial charge in [-0.15, -0.1) is 0 Å². The van der Waals surface area contributed by atoms with Gasteiger partial charge in [-0.1, -0.05) is 6.07 Å². The van der Waals surface area contributed by atoms with Gasteiger partial charge in [0.2, 0.25) is 5.91 Å². The van der Waals surface area contributed by atoms with Crippen LogP contribution in [-0.4, -0.2) is 36.7 Å². The molecule has 0 fully saturated rings. The molecule has 4 heterocycles. The van der Waals surface area contributed by atoms with Gasteiger partial charge < -0.3 is 10.6 Å². The zero-order chi connectivity index (χ0) is 20.2. The van der Waals surface area contributed by atoms with Crippen molar-refractivity contribution >= 4 is 17.9 Å². The Morgan fingerprint density at radius 3 is 2.69 bits per heavy atom. The summed E-state index contributed by atoms with van der Waals surface area (Å²) < 4.78 is 3.49. The minimum Gasteiger partial charge on any atom is -0.378 e. The Morgan fingerprint density at radius 1 is 1.17 bits per heavy atom. The smallest absolute Gasteiger partial charge is 0.247 e. The van der Waals surface area contributed by atoms with Gasteiger partial charge in [-0.3, -0.25) is 19.2 Å². The van der Waals surface area contributed by atoms with Crippen molar-refractivity contribution in [3.8, 4) is 11.1 Å². The van der Waals surface area contributed by atoms with E-state index in [9.17, 15) is 4.79 Å². The lowest BCUT2D eigenvalue weighted by Gasteiger charge is -2.15. The summed E-state index contributed by atoms with van der Waals surface area (Å²) in [7, 11) is 0. The third kappa shape index (κ3) is 4.40. The van der Waals surface area contributed by atoms with Crippen LogP contribution in [0.2, 0.25) is 0 Å². The SMILES string of the molecule is CC(C)n1cc(-c2cnn(CC(=O)Nc3ccc(C4C=NC=CN4)cn3)c2)cn1. The van der Waals surface area contributed by atoms with E-state index in [-0.39, 0.29) is 18.5 Å². The normalized spacial score (nSPS) is 15.5. The van der Waals surface area contributed by atoms with E-state index >= 15 is 0 Å². The van der Waals surface area contributed by atoms with Crippen molar-refractivity contribution in [2.45, 2.75) is 32.5 Å². The maximum atomic E-state index is 12.3. The summed E-state index contributed by atoms with van der Waals surface area (Å²) in [5.41, 5.74) is 2.86. The third-order valence-electron chi connectivity index (χ3n) is 4.49. The topological polar surface area (TPSA) is 102 Å². The number of nitrogens with zero attached hydrogens (tertiary/aromatic N) is 6. The summed E-state index contributed by atoms with van der Waals surface area (Å²) in [5.74, 6) is 0.297. The lowest BCUT2D eigenvalue weighted by Crippen LogP contribution is -2.21. The molecule has 1 aliphatic rings. The van der Waals surface area contributed by atoms with Crippen LogP contribution in [0.3, 0.4) is 0 Å². The minimum absolute atomic E-state index is 0.0141. The number of nitrogens with one attached hydrogen (secondary N) is 2. The molecule has 0 saturated heterocycles. The van der Waals surface area contributed by atoms with Crippen LogP contribution in [0.1, 0.15) is 31.5 Å². The molecular weight excluding hydrogens is 368 g/mol. The number of carbonyl (C=O) groups excluding carboxylic acids is 1. The van der Waals surface area contributed by atoms with Crippen LogP contribution in [0.5, 0.6) is 0 Å². The first-order valence-electron chi connectivity index (χ1n) is 9.35. The molecule has 0 saturated carbocycles. The average Bonchev–Trinajstić information content (AvgIpc) is 3.39. The molecule has 9 heteroatoms. The van der Waals surface area contributed by atoms with Crippen molar-refractivity contribution in [1.29, 1.82) is 0 Å². The standard InChI is InChI=1S/C20H22N8O/c1-14(2)28-12-17(9-25-28)16-8-24-27(11-16)13-20(29)26-19-4-3-15(7-23-19)18-10-21-5-6-22-18/h3-12,14,18,22H,13H2,1-2H3,(H,23,26,29). The summed E-state index contributed by atoms with van der Waals surface area (Å²) in [5, 5.41) is 14.6. The zero-order valence-corrected chi connectivity index (χ0v) is 16.2. The zero-order valence-electron chi connectivity index (χ0n) is 16.2. The molecule has 2 N–H and O–H groups in total. The van der Waals surface area contributed by atoms with Crippen molar-refractivity contribution in [3.63, 3.8) is 0 Å². The van der Waals surface area contributed by atoms with E-state index in [1.807, 2.05) is 23.1 Å². The Morgan fingerprint density at radius 2 is 2.00 bits per heavy atom. The largest absolute Gasteiger partial charge is 0.378 e. The molecule has 1 atom stereocenters. The van der Waals surface area contributed by atoms with Crippen LogP contribution in [0, 0.1) is 0 Å². The Balaban J connectivity index is 1.35. The molecule has 0 bridgehead atoms. The van der Waals surface area contributed by atoms with Gasteiger partial charge >= 0.3 is 0 Å². The summed E-state index contributed by atoms with van der Waals surface area (Å²) in [6.45, 7) is 4.24. The van der Waals surface area contributed by atoms with E-state index in [0.717, 1.165) is 16.7 Å². The van der Waals surface area contributed by atoms with E-state index in [1.165, 1.54) is 0 Å². The minimum atomic E-state index is -0.196. The Kier molecular flexibility index (Phi) is 5.19. The van der Waals surface area contributed by atoms with Gasteiger partial charge in [0.05, 0.1) is 18.4 Å². The van der Waals surface area contributed by atoms with Crippen LogP contribution in [0.15, 0.2) is 60.5 Å². The Labute approximate surface area is 168 Å². The molecule has 29 heavy (non-hydrogen) atoms. The van der Waals surface area contributed by atoms with E-state index in [4.69, 9.17) is 0 Å². The third-order valence-corrected chi connectivity index (χ3v) is 4.49. The van der Waals surface area contributed by atoms with E-state index in [0.29, 0.717) is 11.9 Å². The van der Waals surface area contributed by atoms with Gasteiger partial charge in [0, 0.05) is 54.4 Å². The molecule has 0 radical (unpaired) electrons. The highest BCUT2D eigenvalue weighted by Gasteiger charge is 2.11. The fourth-order valence-electron chi connectivity index (χ4n) is 2.91. The van der Waals surface area contributed by atoms with Crippen LogP contribution in [0.4, 0.5) is 5.82 Å². The summed E-state index contributed by atoms with van der Waals surface area (Å²) in [4.78, 5) is 20.8. The van der Waals surface area contributed by atoms with Crippen molar-refractivity contribution < 1.29 is 4.79 Å². The van der Waals surface area contributed by atoms with Gasteiger partial charge in [-0.05, 0) is 25.5 Å². The predicted octanol–water partition coefficient (Wildman–Crippen LogP) is 2.55. The summed E-state index contributed by atoms with van der Waals surface area (Å²) in [6.07, 6.45) is 14.3. The number of anilines is 1. The molecule has 0 aliphatic carbocycles. The number of hydrogen-bond donors (Lipinski definition) is 2. The van der Waals surface area contributed by atoms with Gasteiger partial charge in [0.15, 0.2) is 0 Å².